The summed E-state index contributed by atoms with van der Waals surface area (Å²) in [6.45, 7) is 0.443. The number of carbonyl (C=O) groups is 2. The number of benzene rings is 2. The third-order valence-electron chi connectivity index (χ3n) is 3.26. The second-order valence-corrected chi connectivity index (χ2v) is 4.90. The molecule has 5 heteroatoms. The molecule has 120 valence electrons. The van der Waals surface area contributed by atoms with Crippen molar-refractivity contribution >= 4 is 12.2 Å². The van der Waals surface area contributed by atoms with Crippen molar-refractivity contribution in [2.75, 3.05) is 20.3 Å². The van der Waals surface area contributed by atoms with E-state index in [1.807, 2.05) is 30.3 Å². The molecule has 0 unspecified atom stereocenters. The Morgan fingerprint density at radius 2 is 1.91 bits per heavy atom. The number of aldehydes is 1. The summed E-state index contributed by atoms with van der Waals surface area (Å²) in [5, 5.41) is 2.80. The number of methoxy groups -OCH3 is 1. The number of ether oxygens (including phenoxy) is 2. The van der Waals surface area contributed by atoms with Gasteiger partial charge in [-0.05, 0) is 30.2 Å². The molecule has 0 saturated carbocycles. The van der Waals surface area contributed by atoms with E-state index in [-0.39, 0.29) is 12.5 Å². The quantitative estimate of drug-likeness (QED) is 0.759. The van der Waals surface area contributed by atoms with Gasteiger partial charge in [-0.2, -0.15) is 0 Å². The van der Waals surface area contributed by atoms with Crippen LogP contribution in [0.5, 0.6) is 11.5 Å². The van der Waals surface area contributed by atoms with Crippen molar-refractivity contribution in [3.63, 3.8) is 0 Å². The summed E-state index contributed by atoms with van der Waals surface area (Å²) >= 11 is 0. The average molecular weight is 313 g/mol. The van der Waals surface area contributed by atoms with E-state index in [9.17, 15) is 9.59 Å². The van der Waals surface area contributed by atoms with Crippen molar-refractivity contribution in [1.82, 2.24) is 5.32 Å². The summed E-state index contributed by atoms with van der Waals surface area (Å²) in [6.07, 6.45) is 1.49. The topological polar surface area (TPSA) is 64.6 Å². The molecule has 1 amide bonds. The molecule has 2 aromatic carbocycles. The average Bonchev–Trinajstić information content (AvgIpc) is 2.60. The highest BCUT2D eigenvalue weighted by Crippen LogP contribution is 2.27. The van der Waals surface area contributed by atoms with Crippen LogP contribution in [0.15, 0.2) is 48.5 Å². The van der Waals surface area contributed by atoms with Gasteiger partial charge in [0.25, 0.3) is 5.91 Å². The maximum absolute atomic E-state index is 11.8. The van der Waals surface area contributed by atoms with E-state index in [2.05, 4.69) is 5.32 Å². The van der Waals surface area contributed by atoms with E-state index in [1.54, 1.807) is 18.2 Å². The van der Waals surface area contributed by atoms with Gasteiger partial charge >= 0.3 is 0 Å². The number of nitrogens with one attached hydrogen (secondary N) is 1. The SMILES string of the molecule is COc1cc(C=O)ccc1OCC(=O)NCCc1ccccc1. The summed E-state index contributed by atoms with van der Waals surface area (Å²) in [5.41, 5.74) is 1.65. The minimum atomic E-state index is -0.206. The molecular formula is C18H19NO4. The van der Waals surface area contributed by atoms with Crippen LogP contribution < -0.4 is 14.8 Å². The fourth-order valence-electron chi connectivity index (χ4n) is 2.06. The number of rotatable bonds is 8. The molecule has 0 bridgehead atoms. The van der Waals surface area contributed by atoms with Crippen LogP contribution in [-0.4, -0.2) is 32.5 Å². The Morgan fingerprint density at radius 3 is 2.61 bits per heavy atom. The predicted octanol–water partition coefficient (Wildman–Crippen LogP) is 2.25. The predicted molar refractivity (Wildman–Crippen MR) is 87.0 cm³/mol. The first-order valence-electron chi connectivity index (χ1n) is 7.29. The normalized spacial score (nSPS) is 9.96. The Morgan fingerprint density at radius 1 is 1.13 bits per heavy atom. The van der Waals surface area contributed by atoms with E-state index < -0.39 is 0 Å². The highest BCUT2D eigenvalue weighted by molar-refractivity contribution is 5.78. The lowest BCUT2D eigenvalue weighted by Crippen LogP contribution is -2.30. The minimum absolute atomic E-state index is 0.106. The van der Waals surface area contributed by atoms with Crippen LogP contribution in [0.3, 0.4) is 0 Å². The van der Waals surface area contributed by atoms with Crippen LogP contribution in [0.2, 0.25) is 0 Å². The van der Waals surface area contributed by atoms with E-state index in [4.69, 9.17) is 9.47 Å². The molecule has 0 heterocycles. The summed E-state index contributed by atoms with van der Waals surface area (Å²) in [6, 6.07) is 14.7. The molecule has 0 aromatic heterocycles. The highest BCUT2D eigenvalue weighted by Gasteiger charge is 2.08. The maximum atomic E-state index is 11.8. The molecule has 0 aliphatic carbocycles. The van der Waals surface area contributed by atoms with Gasteiger partial charge in [0.1, 0.15) is 6.29 Å². The van der Waals surface area contributed by atoms with Crippen LogP contribution >= 0.6 is 0 Å². The van der Waals surface area contributed by atoms with E-state index >= 15 is 0 Å². The smallest absolute Gasteiger partial charge is 0.257 e. The van der Waals surface area contributed by atoms with Gasteiger partial charge in [-0.15, -0.1) is 0 Å². The van der Waals surface area contributed by atoms with Crippen LogP contribution in [0.25, 0.3) is 0 Å². The Hall–Kier alpha value is -2.82. The van der Waals surface area contributed by atoms with E-state index in [0.29, 0.717) is 23.6 Å². The molecule has 5 nitrogen and oxygen atoms in total. The van der Waals surface area contributed by atoms with Crippen molar-refractivity contribution in [2.24, 2.45) is 0 Å². The first kappa shape index (κ1) is 16.5. The summed E-state index contributed by atoms with van der Waals surface area (Å²) in [4.78, 5) is 22.5. The largest absolute Gasteiger partial charge is 0.493 e. The van der Waals surface area contributed by atoms with Gasteiger partial charge in [-0.25, -0.2) is 0 Å². The Labute approximate surface area is 135 Å². The van der Waals surface area contributed by atoms with Gasteiger partial charge < -0.3 is 14.8 Å². The molecule has 2 rings (SSSR count). The lowest BCUT2D eigenvalue weighted by molar-refractivity contribution is -0.123. The van der Waals surface area contributed by atoms with Crippen LogP contribution in [0, 0.1) is 0 Å². The van der Waals surface area contributed by atoms with Crippen molar-refractivity contribution < 1.29 is 19.1 Å². The lowest BCUT2D eigenvalue weighted by Gasteiger charge is -2.11. The third kappa shape index (κ3) is 5.14. The van der Waals surface area contributed by atoms with Crippen molar-refractivity contribution in [2.45, 2.75) is 6.42 Å². The molecule has 2 aromatic rings. The third-order valence-corrected chi connectivity index (χ3v) is 3.26. The maximum Gasteiger partial charge on any atom is 0.257 e. The first-order chi connectivity index (χ1) is 11.2. The molecule has 0 fully saturated rings. The molecule has 0 spiro atoms. The zero-order valence-corrected chi connectivity index (χ0v) is 13.0. The van der Waals surface area contributed by atoms with Crippen molar-refractivity contribution in [3.8, 4) is 11.5 Å². The first-order valence-corrected chi connectivity index (χ1v) is 7.29. The molecule has 0 saturated heterocycles. The van der Waals surface area contributed by atoms with E-state index in [0.717, 1.165) is 12.7 Å². The number of carbonyl (C=O) groups excluding carboxylic acids is 2. The van der Waals surface area contributed by atoms with Gasteiger partial charge in [0, 0.05) is 12.1 Å². The zero-order chi connectivity index (χ0) is 16.5. The fourth-order valence-corrected chi connectivity index (χ4v) is 2.06. The molecule has 0 atom stereocenters. The van der Waals surface area contributed by atoms with Gasteiger partial charge in [0.15, 0.2) is 18.1 Å². The molecule has 1 N–H and O–H groups in total. The van der Waals surface area contributed by atoms with Gasteiger partial charge in [-0.1, -0.05) is 30.3 Å². The van der Waals surface area contributed by atoms with Gasteiger partial charge in [-0.3, -0.25) is 9.59 Å². The fraction of sp³-hybridized carbons (Fsp3) is 0.222. The van der Waals surface area contributed by atoms with Gasteiger partial charge in [0.05, 0.1) is 7.11 Å². The Bertz CT molecular complexity index is 655. The van der Waals surface area contributed by atoms with E-state index in [1.165, 1.54) is 12.7 Å². The standard InChI is InChI=1S/C18H19NO4/c1-22-17-11-15(12-20)7-8-16(17)23-13-18(21)19-10-9-14-5-3-2-4-6-14/h2-8,11-12H,9-10,13H2,1H3,(H,19,21). The summed E-state index contributed by atoms with van der Waals surface area (Å²) < 4.78 is 10.6. The summed E-state index contributed by atoms with van der Waals surface area (Å²) in [5.74, 6) is 0.644. The molecule has 0 aliphatic rings. The Kier molecular flexibility index (Phi) is 6.17. The monoisotopic (exact) mass is 313 g/mol. The second-order valence-electron chi connectivity index (χ2n) is 4.90. The second kappa shape index (κ2) is 8.58. The minimum Gasteiger partial charge on any atom is -0.493 e. The molecular weight excluding hydrogens is 294 g/mol. The summed E-state index contributed by atoms with van der Waals surface area (Å²) in [7, 11) is 1.48. The van der Waals surface area contributed by atoms with Crippen molar-refractivity contribution in [1.29, 1.82) is 0 Å². The Balaban J connectivity index is 1.79. The number of hydrogen-bond acceptors (Lipinski definition) is 4. The van der Waals surface area contributed by atoms with Crippen LogP contribution in [-0.2, 0) is 11.2 Å². The number of hydrogen-bond donors (Lipinski definition) is 1. The van der Waals surface area contributed by atoms with Crippen LogP contribution in [0.4, 0.5) is 0 Å². The van der Waals surface area contributed by atoms with Gasteiger partial charge in [0.2, 0.25) is 0 Å². The zero-order valence-electron chi connectivity index (χ0n) is 13.0. The van der Waals surface area contributed by atoms with Crippen LogP contribution in [0.1, 0.15) is 15.9 Å². The molecule has 0 aliphatic heterocycles. The number of amides is 1. The molecule has 0 radical (unpaired) electrons. The lowest BCUT2D eigenvalue weighted by atomic mass is 10.1. The highest BCUT2D eigenvalue weighted by atomic mass is 16.5. The van der Waals surface area contributed by atoms with Crippen molar-refractivity contribution in [3.05, 3.63) is 59.7 Å². The molecule has 23 heavy (non-hydrogen) atoms.